The zero-order valence-electron chi connectivity index (χ0n) is 11.6. The van der Waals surface area contributed by atoms with Crippen LogP contribution in [0.4, 0.5) is 11.6 Å². The van der Waals surface area contributed by atoms with Crippen LogP contribution >= 0.6 is 23.2 Å². The molecule has 0 aliphatic carbocycles. The first-order valence-electron chi connectivity index (χ1n) is 6.27. The molecule has 0 bridgehead atoms. The van der Waals surface area contributed by atoms with Gasteiger partial charge in [-0.25, -0.2) is 0 Å². The van der Waals surface area contributed by atoms with Crippen LogP contribution in [0.5, 0.6) is 11.8 Å². The molecule has 1 aromatic heterocycles. The summed E-state index contributed by atoms with van der Waals surface area (Å²) in [7, 11) is 1.56. The number of rotatable bonds is 6. The lowest BCUT2D eigenvalue weighted by atomic mass is 10.3. The number of aromatic nitrogens is 3. The van der Waals surface area contributed by atoms with Gasteiger partial charge in [-0.1, -0.05) is 18.5 Å². The summed E-state index contributed by atoms with van der Waals surface area (Å²) in [6, 6.07) is 5.33. The molecule has 1 N–H and O–H groups in total. The molecule has 0 atom stereocenters. The third-order valence-electron chi connectivity index (χ3n) is 2.43. The van der Waals surface area contributed by atoms with Crippen molar-refractivity contribution in [1.29, 1.82) is 0 Å². The second-order valence-electron chi connectivity index (χ2n) is 4.03. The highest BCUT2D eigenvalue weighted by molar-refractivity contribution is 6.31. The molecule has 0 saturated carbocycles. The quantitative estimate of drug-likeness (QED) is 0.871. The van der Waals surface area contributed by atoms with E-state index in [-0.39, 0.29) is 17.2 Å². The van der Waals surface area contributed by atoms with Crippen molar-refractivity contribution in [2.45, 2.75) is 13.3 Å². The summed E-state index contributed by atoms with van der Waals surface area (Å²) in [5, 5.41) is 3.58. The predicted molar refractivity (Wildman–Crippen MR) is 81.9 cm³/mol. The summed E-state index contributed by atoms with van der Waals surface area (Å²) in [5.74, 6) is 0.855. The number of anilines is 2. The van der Waals surface area contributed by atoms with Gasteiger partial charge < -0.3 is 14.8 Å². The van der Waals surface area contributed by atoms with E-state index < -0.39 is 0 Å². The minimum atomic E-state index is 0.0413. The Labute approximate surface area is 132 Å². The van der Waals surface area contributed by atoms with E-state index in [4.69, 9.17) is 32.7 Å². The van der Waals surface area contributed by atoms with Gasteiger partial charge in [-0.3, -0.25) is 0 Å². The van der Waals surface area contributed by atoms with E-state index in [9.17, 15) is 0 Å². The zero-order valence-corrected chi connectivity index (χ0v) is 13.1. The summed E-state index contributed by atoms with van der Waals surface area (Å²) >= 11 is 11.8. The number of nitrogens with one attached hydrogen (secondary N) is 1. The number of methoxy groups -OCH3 is 1. The van der Waals surface area contributed by atoms with Crippen LogP contribution in [-0.4, -0.2) is 28.7 Å². The van der Waals surface area contributed by atoms with Gasteiger partial charge in [0.25, 0.3) is 0 Å². The van der Waals surface area contributed by atoms with Crippen molar-refractivity contribution >= 4 is 34.8 Å². The van der Waals surface area contributed by atoms with E-state index in [1.807, 2.05) is 6.92 Å². The molecule has 0 radical (unpaired) electrons. The maximum atomic E-state index is 5.97. The Kier molecular flexibility index (Phi) is 5.41. The van der Waals surface area contributed by atoms with Crippen LogP contribution in [0, 0.1) is 0 Å². The molecule has 8 heteroatoms. The molecule has 0 fully saturated rings. The van der Waals surface area contributed by atoms with E-state index in [1.165, 1.54) is 0 Å². The Morgan fingerprint density at radius 1 is 1.19 bits per heavy atom. The molecule has 0 saturated heterocycles. The molecule has 2 aromatic rings. The van der Waals surface area contributed by atoms with E-state index >= 15 is 0 Å². The molecule has 1 heterocycles. The Balaban J connectivity index is 2.26. The van der Waals surface area contributed by atoms with Gasteiger partial charge in [0.2, 0.25) is 11.2 Å². The lowest BCUT2D eigenvalue weighted by Gasteiger charge is -2.11. The molecule has 6 nitrogen and oxygen atoms in total. The molecule has 0 aliphatic heterocycles. The highest BCUT2D eigenvalue weighted by atomic mass is 35.5. The molecule has 0 amide bonds. The van der Waals surface area contributed by atoms with Crippen LogP contribution in [0.3, 0.4) is 0 Å². The van der Waals surface area contributed by atoms with E-state index in [0.29, 0.717) is 23.1 Å². The SMILES string of the molecule is CCCOc1nc(Cl)nc(Nc2cc(Cl)ccc2OC)n1. The summed E-state index contributed by atoms with van der Waals surface area (Å²) in [6.45, 7) is 2.49. The monoisotopic (exact) mass is 328 g/mol. The highest BCUT2D eigenvalue weighted by Gasteiger charge is 2.09. The summed E-state index contributed by atoms with van der Waals surface area (Å²) in [4.78, 5) is 12.0. The summed E-state index contributed by atoms with van der Waals surface area (Å²) < 4.78 is 10.6. The maximum absolute atomic E-state index is 5.97. The maximum Gasteiger partial charge on any atom is 0.322 e. The minimum Gasteiger partial charge on any atom is -0.495 e. The van der Waals surface area contributed by atoms with Crippen molar-refractivity contribution in [2.24, 2.45) is 0 Å². The minimum absolute atomic E-state index is 0.0413. The molecule has 0 spiro atoms. The van der Waals surface area contributed by atoms with E-state index in [0.717, 1.165) is 6.42 Å². The van der Waals surface area contributed by atoms with Gasteiger partial charge in [0.15, 0.2) is 0 Å². The van der Waals surface area contributed by atoms with Crippen LogP contribution in [0.2, 0.25) is 10.3 Å². The lowest BCUT2D eigenvalue weighted by Crippen LogP contribution is -2.05. The number of nitrogens with zero attached hydrogens (tertiary/aromatic N) is 3. The van der Waals surface area contributed by atoms with Crippen LogP contribution in [0.25, 0.3) is 0 Å². The molecule has 0 unspecified atom stereocenters. The fourth-order valence-electron chi connectivity index (χ4n) is 1.54. The second kappa shape index (κ2) is 7.28. The highest BCUT2D eigenvalue weighted by Crippen LogP contribution is 2.29. The average Bonchev–Trinajstić information content (AvgIpc) is 2.45. The van der Waals surface area contributed by atoms with Gasteiger partial charge in [0.1, 0.15) is 5.75 Å². The van der Waals surface area contributed by atoms with Crippen molar-refractivity contribution < 1.29 is 9.47 Å². The van der Waals surface area contributed by atoms with Gasteiger partial charge >= 0.3 is 6.01 Å². The van der Waals surface area contributed by atoms with Crippen LogP contribution in [-0.2, 0) is 0 Å². The van der Waals surface area contributed by atoms with Crippen LogP contribution in [0.15, 0.2) is 18.2 Å². The predicted octanol–water partition coefficient (Wildman–Crippen LogP) is 3.72. The zero-order chi connectivity index (χ0) is 15.2. The van der Waals surface area contributed by atoms with Gasteiger partial charge in [-0.15, -0.1) is 0 Å². The normalized spacial score (nSPS) is 10.3. The van der Waals surface area contributed by atoms with Gasteiger partial charge in [0, 0.05) is 5.02 Å². The third-order valence-corrected chi connectivity index (χ3v) is 2.84. The second-order valence-corrected chi connectivity index (χ2v) is 4.80. The summed E-state index contributed by atoms with van der Waals surface area (Å²) in [5.41, 5.74) is 0.619. The Morgan fingerprint density at radius 2 is 2.00 bits per heavy atom. The van der Waals surface area contributed by atoms with Crippen molar-refractivity contribution in [3.05, 3.63) is 28.5 Å². The molecular weight excluding hydrogens is 315 g/mol. The number of hydrogen-bond donors (Lipinski definition) is 1. The molecule has 21 heavy (non-hydrogen) atoms. The smallest absolute Gasteiger partial charge is 0.322 e. The first-order chi connectivity index (χ1) is 10.1. The van der Waals surface area contributed by atoms with Gasteiger partial charge in [-0.05, 0) is 36.2 Å². The lowest BCUT2D eigenvalue weighted by molar-refractivity contribution is 0.292. The Hall–Kier alpha value is -1.79. The average molecular weight is 329 g/mol. The standard InChI is InChI=1S/C13H14Cl2N4O2/c1-3-6-21-13-18-11(15)17-12(19-13)16-9-7-8(14)4-5-10(9)20-2/h4-5,7H,3,6H2,1-2H3,(H,16,17,18,19). The molecular formula is C13H14Cl2N4O2. The first-order valence-corrected chi connectivity index (χ1v) is 7.03. The van der Waals surface area contributed by atoms with Gasteiger partial charge in [0.05, 0.1) is 19.4 Å². The van der Waals surface area contributed by atoms with Crippen molar-refractivity contribution in [1.82, 2.24) is 15.0 Å². The van der Waals surface area contributed by atoms with E-state index in [2.05, 4.69) is 20.3 Å². The largest absolute Gasteiger partial charge is 0.495 e. The summed E-state index contributed by atoms with van der Waals surface area (Å²) in [6.07, 6.45) is 0.841. The Bertz CT molecular complexity index is 625. The topological polar surface area (TPSA) is 69.2 Å². The van der Waals surface area contributed by atoms with Crippen molar-refractivity contribution in [2.75, 3.05) is 19.0 Å². The first kappa shape index (κ1) is 15.6. The Morgan fingerprint density at radius 3 is 2.71 bits per heavy atom. The number of halogens is 2. The fraction of sp³-hybridized carbons (Fsp3) is 0.308. The van der Waals surface area contributed by atoms with Crippen LogP contribution in [0.1, 0.15) is 13.3 Å². The van der Waals surface area contributed by atoms with Crippen LogP contribution < -0.4 is 14.8 Å². The number of benzene rings is 1. The molecule has 2 rings (SSSR count). The molecule has 112 valence electrons. The molecule has 1 aromatic carbocycles. The fourth-order valence-corrected chi connectivity index (χ4v) is 1.87. The van der Waals surface area contributed by atoms with E-state index in [1.54, 1.807) is 25.3 Å². The number of ether oxygens (including phenoxy) is 2. The van der Waals surface area contributed by atoms with Crippen molar-refractivity contribution in [3.8, 4) is 11.8 Å². The third kappa shape index (κ3) is 4.34. The number of hydrogen-bond acceptors (Lipinski definition) is 6. The van der Waals surface area contributed by atoms with Crippen molar-refractivity contribution in [3.63, 3.8) is 0 Å². The molecule has 0 aliphatic rings. The van der Waals surface area contributed by atoms with Gasteiger partial charge in [-0.2, -0.15) is 15.0 Å².